The number of amides is 1. The van der Waals surface area contributed by atoms with E-state index < -0.39 is 0 Å². The molecule has 25 heavy (non-hydrogen) atoms. The average Bonchev–Trinajstić information content (AvgIpc) is 2.63. The minimum atomic E-state index is -0.164. The van der Waals surface area contributed by atoms with E-state index in [2.05, 4.69) is 15.2 Å². The molecule has 6 heteroatoms. The number of halogens is 1. The van der Waals surface area contributed by atoms with Gasteiger partial charge in [-0.1, -0.05) is 18.2 Å². The van der Waals surface area contributed by atoms with Crippen molar-refractivity contribution in [1.82, 2.24) is 15.2 Å². The molecule has 0 bridgehead atoms. The Labute approximate surface area is 151 Å². The first kappa shape index (κ1) is 17.9. The van der Waals surface area contributed by atoms with Crippen molar-refractivity contribution in [3.63, 3.8) is 0 Å². The fourth-order valence-corrected chi connectivity index (χ4v) is 3.73. The Balaban J connectivity index is 1.46. The zero-order chi connectivity index (χ0) is 17.5. The van der Waals surface area contributed by atoms with Gasteiger partial charge in [-0.3, -0.25) is 14.7 Å². The molecule has 1 saturated heterocycles. The molecule has 1 N–H and O–H groups in total. The van der Waals surface area contributed by atoms with E-state index >= 15 is 0 Å². The first-order valence-electron chi connectivity index (χ1n) is 8.48. The number of benzene rings is 1. The molecule has 2 aromatic rings. The highest BCUT2D eigenvalue weighted by Crippen LogP contribution is 2.18. The second-order valence-electron chi connectivity index (χ2n) is 6.20. The molecule has 1 aliphatic rings. The Bertz CT molecular complexity index is 698. The van der Waals surface area contributed by atoms with Crippen molar-refractivity contribution in [2.24, 2.45) is 0 Å². The summed E-state index contributed by atoms with van der Waals surface area (Å²) in [5, 5.41) is 3.11. The second kappa shape index (κ2) is 8.97. The van der Waals surface area contributed by atoms with Gasteiger partial charge in [0.2, 0.25) is 5.91 Å². The summed E-state index contributed by atoms with van der Waals surface area (Å²) in [6.45, 7) is 2.29. The molecule has 1 aliphatic heterocycles. The zero-order valence-corrected chi connectivity index (χ0v) is 14.8. The Kier molecular flexibility index (Phi) is 6.42. The number of carbonyl (C=O) groups excluding carboxylic acids is 1. The van der Waals surface area contributed by atoms with Crippen molar-refractivity contribution in [2.75, 3.05) is 18.8 Å². The minimum absolute atomic E-state index is 0.0413. The Morgan fingerprint density at radius 1 is 1.28 bits per heavy atom. The summed E-state index contributed by atoms with van der Waals surface area (Å²) >= 11 is 1.51. The molecule has 4 nitrogen and oxygen atoms in total. The van der Waals surface area contributed by atoms with Gasteiger partial charge in [-0.05, 0) is 37.6 Å². The molecule has 1 aromatic carbocycles. The van der Waals surface area contributed by atoms with Crippen LogP contribution in [0.4, 0.5) is 4.39 Å². The third kappa shape index (κ3) is 5.54. The summed E-state index contributed by atoms with van der Waals surface area (Å²) < 4.78 is 13.8. The predicted octanol–water partition coefficient (Wildman–Crippen LogP) is 3.09. The second-order valence-corrected chi connectivity index (χ2v) is 7.25. The molecule has 0 radical (unpaired) electrons. The van der Waals surface area contributed by atoms with E-state index in [4.69, 9.17) is 0 Å². The molecule has 0 saturated carbocycles. The molecule has 0 aliphatic carbocycles. The Morgan fingerprint density at radius 3 is 2.88 bits per heavy atom. The van der Waals surface area contributed by atoms with Crippen LogP contribution in [0, 0.1) is 5.82 Å². The summed E-state index contributed by atoms with van der Waals surface area (Å²) in [5.41, 5.74) is 0.711. The quantitative estimate of drug-likeness (QED) is 0.805. The number of nitrogens with zero attached hydrogens (tertiary/aromatic N) is 2. The van der Waals surface area contributed by atoms with Gasteiger partial charge in [0.25, 0.3) is 0 Å². The van der Waals surface area contributed by atoms with Gasteiger partial charge in [0, 0.05) is 42.0 Å². The number of carbonyl (C=O) groups is 1. The molecule has 0 spiro atoms. The van der Waals surface area contributed by atoms with Crippen LogP contribution in [0.15, 0.2) is 53.7 Å². The number of piperidine rings is 1. The maximum atomic E-state index is 13.8. The van der Waals surface area contributed by atoms with Crippen molar-refractivity contribution in [2.45, 2.75) is 30.3 Å². The lowest BCUT2D eigenvalue weighted by Gasteiger charge is -2.33. The van der Waals surface area contributed by atoms with Crippen LogP contribution < -0.4 is 5.32 Å². The van der Waals surface area contributed by atoms with E-state index in [0.29, 0.717) is 17.9 Å². The summed E-state index contributed by atoms with van der Waals surface area (Å²) in [6.07, 6.45) is 5.43. The molecule has 132 valence electrons. The van der Waals surface area contributed by atoms with E-state index in [1.54, 1.807) is 18.5 Å². The Hall–Kier alpha value is -1.92. The lowest BCUT2D eigenvalue weighted by molar-refractivity contribution is -0.119. The van der Waals surface area contributed by atoms with Gasteiger partial charge in [0.1, 0.15) is 5.82 Å². The van der Waals surface area contributed by atoms with Crippen molar-refractivity contribution in [1.29, 1.82) is 0 Å². The van der Waals surface area contributed by atoms with E-state index in [1.807, 2.05) is 24.3 Å². The fourth-order valence-electron chi connectivity index (χ4n) is 3.04. The average molecular weight is 359 g/mol. The molecule has 1 atom stereocenters. The molecule has 3 rings (SSSR count). The summed E-state index contributed by atoms with van der Waals surface area (Å²) in [7, 11) is 0. The third-order valence-electron chi connectivity index (χ3n) is 4.24. The number of pyridine rings is 1. The van der Waals surface area contributed by atoms with Gasteiger partial charge in [0.05, 0.1) is 5.75 Å². The smallest absolute Gasteiger partial charge is 0.230 e. The monoisotopic (exact) mass is 359 g/mol. The molecule has 2 heterocycles. The van der Waals surface area contributed by atoms with E-state index in [0.717, 1.165) is 30.8 Å². The van der Waals surface area contributed by atoms with Crippen LogP contribution >= 0.6 is 11.8 Å². The molecule has 1 fully saturated rings. The third-order valence-corrected chi connectivity index (χ3v) is 5.25. The van der Waals surface area contributed by atoms with Gasteiger partial charge in [-0.2, -0.15) is 0 Å². The topological polar surface area (TPSA) is 45.2 Å². The first-order valence-corrected chi connectivity index (χ1v) is 9.47. The first-order chi connectivity index (χ1) is 12.2. The van der Waals surface area contributed by atoms with Crippen molar-refractivity contribution >= 4 is 17.7 Å². The molecule has 1 amide bonds. The van der Waals surface area contributed by atoms with Gasteiger partial charge in [-0.25, -0.2) is 4.39 Å². The normalized spacial score (nSPS) is 18.0. The largest absolute Gasteiger partial charge is 0.351 e. The summed E-state index contributed by atoms with van der Waals surface area (Å²) in [6, 6.07) is 10.8. The van der Waals surface area contributed by atoms with E-state index in [1.165, 1.54) is 17.8 Å². The van der Waals surface area contributed by atoms with Gasteiger partial charge >= 0.3 is 0 Å². The number of hydrogen-bond acceptors (Lipinski definition) is 4. The van der Waals surface area contributed by atoms with E-state index in [-0.39, 0.29) is 17.8 Å². The van der Waals surface area contributed by atoms with Crippen molar-refractivity contribution < 1.29 is 9.18 Å². The van der Waals surface area contributed by atoms with Gasteiger partial charge < -0.3 is 5.32 Å². The highest BCUT2D eigenvalue weighted by atomic mass is 32.2. The lowest BCUT2D eigenvalue weighted by Crippen LogP contribution is -2.47. The Morgan fingerprint density at radius 2 is 2.08 bits per heavy atom. The molecular formula is C19H22FN3OS. The van der Waals surface area contributed by atoms with Crippen LogP contribution in [0.2, 0.25) is 0 Å². The standard InChI is InChI=1S/C19H22FN3OS/c20-18-6-2-1-4-15(18)12-23-11-3-5-16(13-23)22-19(24)14-25-17-7-9-21-10-8-17/h1-2,4,6-10,16H,3,5,11-14H2,(H,22,24)/t16-/m0/s1. The number of hydrogen-bond donors (Lipinski definition) is 1. The highest BCUT2D eigenvalue weighted by molar-refractivity contribution is 8.00. The summed E-state index contributed by atoms with van der Waals surface area (Å²) in [4.78, 5) is 19.4. The van der Waals surface area contributed by atoms with Crippen LogP contribution in [-0.2, 0) is 11.3 Å². The van der Waals surface area contributed by atoms with Gasteiger partial charge in [-0.15, -0.1) is 11.8 Å². The predicted molar refractivity (Wildman–Crippen MR) is 97.8 cm³/mol. The molecule has 1 aromatic heterocycles. The maximum Gasteiger partial charge on any atom is 0.230 e. The van der Waals surface area contributed by atoms with Crippen LogP contribution in [0.1, 0.15) is 18.4 Å². The highest BCUT2D eigenvalue weighted by Gasteiger charge is 2.22. The van der Waals surface area contributed by atoms with E-state index in [9.17, 15) is 9.18 Å². The zero-order valence-electron chi connectivity index (χ0n) is 14.0. The number of thioether (sulfide) groups is 1. The maximum absolute atomic E-state index is 13.8. The lowest BCUT2D eigenvalue weighted by atomic mass is 10.0. The number of aromatic nitrogens is 1. The van der Waals surface area contributed by atoms with Crippen molar-refractivity contribution in [3.8, 4) is 0 Å². The van der Waals surface area contributed by atoms with Crippen LogP contribution in [-0.4, -0.2) is 40.7 Å². The van der Waals surface area contributed by atoms with Crippen LogP contribution in [0.3, 0.4) is 0 Å². The van der Waals surface area contributed by atoms with Crippen LogP contribution in [0.5, 0.6) is 0 Å². The molecule has 0 unspecified atom stereocenters. The van der Waals surface area contributed by atoms with Gasteiger partial charge in [0.15, 0.2) is 0 Å². The number of nitrogens with one attached hydrogen (secondary N) is 1. The minimum Gasteiger partial charge on any atom is -0.351 e. The fraction of sp³-hybridized carbons (Fsp3) is 0.368. The van der Waals surface area contributed by atoms with Crippen LogP contribution in [0.25, 0.3) is 0 Å². The number of likely N-dealkylation sites (tertiary alicyclic amines) is 1. The summed E-state index contributed by atoms with van der Waals surface area (Å²) in [5.74, 6) is 0.273. The SMILES string of the molecule is O=C(CSc1ccncc1)N[C@H]1CCCN(Cc2ccccc2F)C1. The molecular weight excluding hydrogens is 337 g/mol. The van der Waals surface area contributed by atoms with Crippen molar-refractivity contribution in [3.05, 3.63) is 60.2 Å². The number of rotatable bonds is 6.